The van der Waals surface area contributed by atoms with Gasteiger partial charge in [-0.2, -0.15) is 0 Å². The number of hydrogen-bond donors (Lipinski definition) is 0. The maximum atomic E-state index is 6.79. The summed E-state index contributed by atoms with van der Waals surface area (Å²) in [7, 11) is 0. The molecule has 2 heterocycles. The molecule has 0 saturated heterocycles. The molecule has 3 aromatic carbocycles. The van der Waals surface area contributed by atoms with Crippen LogP contribution in [0, 0.1) is 0 Å². The van der Waals surface area contributed by atoms with E-state index < -0.39 is 5.60 Å². The van der Waals surface area contributed by atoms with Crippen LogP contribution >= 0.6 is 39.3 Å². The SMILES string of the molecule is CSc1nc(Cl)c2c(n1)C[C@@]1(CC[C@H](C)c3ccc(N(Cc4ccccc4)Cc4ccccc4)c(Br)c31)OC2. The van der Waals surface area contributed by atoms with Crippen molar-refractivity contribution in [1.29, 1.82) is 0 Å². The van der Waals surface area contributed by atoms with Gasteiger partial charge in [0.05, 0.1) is 18.0 Å². The van der Waals surface area contributed by atoms with Gasteiger partial charge in [0, 0.05) is 35.1 Å². The van der Waals surface area contributed by atoms with Gasteiger partial charge in [0.25, 0.3) is 0 Å². The zero-order valence-electron chi connectivity index (χ0n) is 22.2. The van der Waals surface area contributed by atoms with E-state index in [2.05, 4.69) is 106 Å². The predicted molar refractivity (Wildman–Crippen MR) is 164 cm³/mol. The van der Waals surface area contributed by atoms with E-state index in [0.29, 0.717) is 29.3 Å². The van der Waals surface area contributed by atoms with Crippen LogP contribution in [0.2, 0.25) is 5.15 Å². The number of fused-ring (bicyclic) bond motifs is 3. The lowest BCUT2D eigenvalue weighted by Gasteiger charge is -2.45. The maximum absolute atomic E-state index is 6.79. The number of benzene rings is 3. The Balaban J connectivity index is 1.45. The minimum atomic E-state index is -0.456. The zero-order valence-corrected chi connectivity index (χ0v) is 25.3. The van der Waals surface area contributed by atoms with E-state index in [1.54, 1.807) is 0 Å². The third kappa shape index (κ3) is 5.24. The molecule has 1 aliphatic heterocycles. The van der Waals surface area contributed by atoms with Gasteiger partial charge in [0.15, 0.2) is 5.16 Å². The number of thioether (sulfide) groups is 1. The average Bonchev–Trinajstić information content (AvgIpc) is 2.96. The van der Waals surface area contributed by atoms with Crippen molar-refractivity contribution in [2.75, 3.05) is 11.2 Å². The van der Waals surface area contributed by atoms with Gasteiger partial charge in [-0.1, -0.05) is 97.0 Å². The molecule has 0 amide bonds. The first-order valence-corrected chi connectivity index (χ1v) is 15.8. The number of ether oxygens (including phenoxy) is 1. The second-order valence-electron chi connectivity index (χ2n) is 10.5. The van der Waals surface area contributed by atoms with Crippen LogP contribution < -0.4 is 4.90 Å². The highest BCUT2D eigenvalue weighted by molar-refractivity contribution is 9.10. The molecule has 1 spiro atoms. The smallest absolute Gasteiger partial charge is 0.188 e. The number of nitrogens with zero attached hydrogens (tertiary/aromatic N) is 3. The van der Waals surface area contributed by atoms with Gasteiger partial charge in [0.2, 0.25) is 0 Å². The first-order chi connectivity index (χ1) is 19.0. The molecule has 0 unspecified atom stereocenters. The van der Waals surface area contributed by atoms with Gasteiger partial charge < -0.3 is 9.64 Å². The van der Waals surface area contributed by atoms with Crippen LogP contribution in [-0.4, -0.2) is 16.2 Å². The molecule has 0 fully saturated rings. The number of halogens is 2. The van der Waals surface area contributed by atoms with Crippen LogP contribution in [0.1, 0.15) is 59.2 Å². The molecule has 2 aliphatic rings. The Labute approximate surface area is 248 Å². The van der Waals surface area contributed by atoms with Gasteiger partial charge >= 0.3 is 0 Å². The average molecular weight is 621 g/mol. The Bertz CT molecular complexity index is 1440. The molecule has 0 bridgehead atoms. The molecule has 0 saturated carbocycles. The molecule has 200 valence electrons. The Morgan fingerprint density at radius 1 is 1.00 bits per heavy atom. The molecule has 4 nitrogen and oxygen atoms in total. The minimum absolute atomic E-state index is 0.422. The molecular formula is C32H31BrClN3OS. The molecule has 0 radical (unpaired) electrons. The van der Waals surface area contributed by atoms with Crippen molar-refractivity contribution in [2.24, 2.45) is 0 Å². The summed E-state index contributed by atoms with van der Waals surface area (Å²) < 4.78 is 7.91. The molecule has 0 N–H and O–H groups in total. The lowest BCUT2D eigenvalue weighted by atomic mass is 9.71. The standard InChI is InChI=1S/C32H31BrClN3OS/c1-21-15-16-32(17-26-25(20-38-32)30(34)36-31(35-26)39-2)28-24(21)13-14-27(29(28)33)37(18-22-9-5-3-6-10-22)19-23-11-7-4-8-12-23/h3-14,21H,15-20H2,1-2H3/t21-,32+/m0/s1. The second-order valence-corrected chi connectivity index (χ2v) is 12.4. The lowest BCUT2D eigenvalue weighted by molar-refractivity contribution is -0.0878. The Morgan fingerprint density at radius 2 is 1.67 bits per heavy atom. The fourth-order valence-electron chi connectivity index (χ4n) is 5.97. The summed E-state index contributed by atoms with van der Waals surface area (Å²) in [4.78, 5) is 11.8. The van der Waals surface area contributed by atoms with Crippen molar-refractivity contribution >= 4 is 45.0 Å². The molecule has 6 rings (SSSR count). The number of anilines is 1. The Kier molecular flexibility index (Phi) is 7.73. The van der Waals surface area contributed by atoms with E-state index in [-0.39, 0.29) is 0 Å². The molecule has 1 aliphatic carbocycles. The zero-order chi connectivity index (χ0) is 27.0. The summed E-state index contributed by atoms with van der Waals surface area (Å²) in [5.74, 6) is 0.452. The molecular weight excluding hydrogens is 590 g/mol. The number of aromatic nitrogens is 2. The van der Waals surface area contributed by atoms with Crippen molar-refractivity contribution in [1.82, 2.24) is 9.97 Å². The summed E-state index contributed by atoms with van der Waals surface area (Å²) in [6, 6.07) is 26.0. The van der Waals surface area contributed by atoms with Gasteiger partial charge in [-0.05, 0) is 63.7 Å². The van der Waals surface area contributed by atoms with E-state index in [9.17, 15) is 0 Å². The molecule has 39 heavy (non-hydrogen) atoms. The normalized spacial score (nSPS) is 19.9. The van der Waals surface area contributed by atoms with E-state index in [0.717, 1.165) is 41.7 Å². The highest BCUT2D eigenvalue weighted by Crippen LogP contribution is 2.53. The Morgan fingerprint density at radius 3 is 2.31 bits per heavy atom. The van der Waals surface area contributed by atoms with Crippen molar-refractivity contribution in [3.63, 3.8) is 0 Å². The van der Waals surface area contributed by atoms with Crippen LogP contribution in [0.5, 0.6) is 0 Å². The van der Waals surface area contributed by atoms with Crippen LogP contribution in [0.3, 0.4) is 0 Å². The molecule has 2 atom stereocenters. The third-order valence-corrected chi connectivity index (χ3v) is 9.71. The van der Waals surface area contributed by atoms with E-state index in [4.69, 9.17) is 21.3 Å². The fraction of sp³-hybridized carbons (Fsp3) is 0.312. The van der Waals surface area contributed by atoms with Crippen molar-refractivity contribution in [3.8, 4) is 0 Å². The van der Waals surface area contributed by atoms with Crippen LogP contribution in [0.25, 0.3) is 0 Å². The highest BCUT2D eigenvalue weighted by atomic mass is 79.9. The van der Waals surface area contributed by atoms with Crippen LogP contribution in [0.15, 0.2) is 82.4 Å². The Hall–Kier alpha value is -2.38. The quantitative estimate of drug-likeness (QED) is 0.122. The topological polar surface area (TPSA) is 38.2 Å². The molecule has 4 aromatic rings. The second kappa shape index (κ2) is 11.2. The summed E-state index contributed by atoms with van der Waals surface area (Å²) in [6.45, 7) is 4.36. The van der Waals surface area contributed by atoms with Crippen LogP contribution in [-0.2, 0) is 36.5 Å². The fourth-order valence-corrected chi connectivity index (χ4v) is 7.62. The van der Waals surface area contributed by atoms with Gasteiger partial charge in [-0.15, -0.1) is 0 Å². The lowest BCUT2D eigenvalue weighted by Crippen LogP contribution is -2.41. The van der Waals surface area contributed by atoms with Gasteiger partial charge in [0.1, 0.15) is 10.8 Å². The summed E-state index contributed by atoms with van der Waals surface area (Å²) in [6.07, 6.45) is 4.69. The predicted octanol–water partition coefficient (Wildman–Crippen LogP) is 8.69. The monoisotopic (exact) mass is 619 g/mol. The number of hydrogen-bond acceptors (Lipinski definition) is 5. The summed E-state index contributed by atoms with van der Waals surface area (Å²) in [5, 5.41) is 1.22. The van der Waals surface area contributed by atoms with E-state index >= 15 is 0 Å². The van der Waals surface area contributed by atoms with Crippen molar-refractivity contribution < 1.29 is 4.74 Å². The largest absolute Gasteiger partial charge is 0.365 e. The van der Waals surface area contributed by atoms with Gasteiger partial charge in [-0.25, -0.2) is 9.97 Å². The maximum Gasteiger partial charge on any atom is 0.188 e. The van der Waals surface area contributed by atoms with Crippen molar-refractivity contribution in [3.05, 3.63) is 116 Å². The molecule has 7 heteroatoms. The number of rotatable bonds is 6. The highest BCUT2D eigenvalue weighted by Gasteiger charge is 2.45. The summed E-state index contributed by atoms with van der Waals surface area (Å²) >= 11 is 12.2. The van der Waals surface area contributed by atoms with Crippen molar-refractivity contribution in [2.45, 2.75) is 62.6 Å². The van der Waals surface area contributed by atoms with E-state index in [1.807, 2.05) is 6.26 Å². The molecule has 1 aromatic heterocycles. The first kappa shape index (κ1) is 26.8. The van der Waals surface area contributed by atoms with E-state index in [1.165, 1.54) is 39.7 Å². The minimum Gasteiger partial charge on any atom is -0.365 e. The first-order valence-electron chi connectivity index (χ1n) is 13.4. The third-order valence-electron chi connectivity index (χ3n) is 8.04. The van der Waals surface area contributed by atoms with Gasteiger partial charge in [-0.3, -0.25) is 0 Å². The summed E-state index contributed by atoms with van der Waals surface area (Å²) in [5.41, 5.74) is 7.81. The van der Waals surface area contributed by atoms with Crippen LogP contribution in [0.4, 0.5) is 5.69 Å².